The van der Waals surface area contributed by atoms with Crippen molar-refractivity contribution in [2.24, 2.45) is 22.7 Å². The van der Waals surface area contributed by atoms with Crippen LogP contribution in [0.15, 0.2) is 22.5 Å². The highest BCUT2D eigenvalue weighted by atomic mass is 16.5. The topological polar surface area (TPSA) is 83.8 Å². The molecule has 4 atom stereocenters. The molecule has 0 aromatic heterocycles. The second kappa shape index (κ2) is 4.94. The maximum atomic E-state index is 12.4. The molecule has 4 rings (SSSR count). The van der Waals surface area contributed by atoms with Gasteiger partial charge in [0.1, 0.15) is 6.61 Å². The van der Waals surface area contributed by atoms with Gasteiger partial charge in [0.25, 0.3) is 0 Å². The zero-order valence-corrected chi connectivity index (χ0v) is 14.2. The monoisotopic (exact) mass is 332 g/mol. The first kappa shape index (κ1) is 15.9. The third-order valence-electron chi connectivity index (χ3n) is 7.36. The van der Waals surface area contributed by atoms with Gasteiger partial charge >= 0.3 is 5.97 Å². The minimum Gasteiger partial charge on any atom is -0.504 e. The van der Waals surface area contributed by atoms with Crippen molar-refractivity contribution in [1.29, 1.82) is 0 Å². The van der Waals surface area contributed by atoms with E-state index in [4.69, 9.17) is 4.74 Å². The fourth-order valence-electron chi connectivity index (χ4n) is 6.22. The Hall–Kier alpha value is -1.62. The van der Waals surface area contributed by atoms with Crippen molar-refractivity contribution in [1.82, 2.24) is 0 Å². The van der Waals surface area contributed by atoms with Gasteiger partial charge in [-0.2, -0.15) is 0 Å². The van der Waals surface area contributed by atoms with Gasteiger partial charge in [-0.25, -0.2) is 4.79 Å². The van der Waals surface area contributed by atoms with E-state index in [2.05, 4.69) is 6.92 Å². The van der Waals surface area contributed by atoms with E-state index in [1.165, 1.54) is 0 Å². The molecule has 130 valence electrons. The van der Waals surface area contributed by atoms with Crippen LogP contribution in [0.4, 0.5) is 0 Å². The lowest BCUT2D eigenvalue weighted by molar-refractivity contribution is -0.136. The van der Waals surface area contributed by atoms with Crippen LogP contribution in [0.25, 0.3) is 0 Å². The summed E-state index contributed by atoms with van der Waals surface area (Å²) in [6.45, 7) is 4.25. The van der Waals surface area contributed by atoms with Gasteiger partial charge in [0, 0.05) is 17.4 Å². The number of carbonyl (C=O) groups is 2. The summed E-state index contributed by atoms with van der Waals surface area (Å²) in [5.41, 5.74) is 1.75. The summed E-state index contributed by atoms with van der Waals surface area (Å²) in [6.07, 6.45) is 3.32. The van der Waals surface area contributed by atoms with Gasteiger partial charge in [-0.15, -0.1) is 0 Å². The molecule has 1 aliphatic heterocycles. The van der Waals surface area contributed by atoms with Crippen LogP contribution in [0.3, 0.4) is 0 Å². The predicted octanol–water partition coefficient (Wildman–Crippen LogP) is 2.45. The molecule has 0 aromatic rings. The molecule has 4 aliphatic rings. The third-order valence-corrected chi connectivity index (χ3v) is 7.36. The molecule has 24 heavy (non-hydrogen) atoms. The Labute approximate surface area is 141 Å². The van der Waals surface area contributed by atoms with Crippen molar-refractivity contribution in [2.75, 3.05) is 13.2 Å². The van der Waals surface area contributed by atoms with E-state index in [0.717, 1.165) is 36.0 Å². The third kappa shape index (κ3) is 1.74. The number of rotatable bonds is 1. The molecule has 0 radical (unpaired) electrons. The summed E-state index contributed by atoms with van der Waals surface area (Å²) in [5, 5.41) is 20.5. The second-order valence-corrected chi connectivity index (χ2v) is 8.17. The minimum atomic E-state index is -0.460. The van der Waals surface area contributed by atoms with Gasteiger partial charge in [0.05, 0.1) is 6.61 Å². The number of fused-ring (bicyclic) bond motifs is 4. The molecular formula is C19H24O5. The number of hydrogen-bond acceptors (Lipinski definition) is 5. The van der Waals surface area contributed by atoms with Crippen molar-refractivity contribution < 1.29 is 24.5 Å². The lowest BCUT2D eigenvalue weighted by Crippen LogP contribution is -2.56. The fraction of sp³-hybridized carbons (Fsp3) is 0.684. The largest absolute Gasteiger partial charge is 0.504 e. The van der Waals surface area contributed by atoms with Crippen LogP contribution in [-0.4, -0.2) is 35.2 Å². The van der Waals surface area contributed by atoms with Gasteiger partial charge in [-0.1, -0.05) is 6.92 Å². The van der Waals surface area contributed by atoms with Crippen molar-refractivity contribution >= 4 is 11.8 Å². The van der Waals surface area contributed by atoms with Crippen LogP contribution in [-0.2, 0) is 14.3 Å². The maximum Gasteiger partial charge on any atom is 0.334 e. The lowest BCUT2D eigenvalue weighted by Gasteiger charge is -2.60. The van der Waals surface area contributed by atoms with Gasteiger partial charge in [-0.05, 0) is 61.0 Å². The molecular weight excluding hydrogens is 308 g/mol. The second-order valence-electron chi connectivity index (χ2n) is 8.17. The molecule has 5 heteroatoms. The van der Waals surface area contributed by atoms with E-state index in [9.17, 15) is 19.8 Å². The number of hydrogen-bond donors (Lipinski definition) is 2. The minimum absolute atomic E-state index is 0.0155. The molecule has 0 unspecified atom stereocenters. The van der Waals surface area contributed by atoms with Gasteiger partial charge in [-0.3, -0.25) is 4.79 Å². The van der Waals surface area contributed by atoms with E-state index >= 15 is 0 Å². The van der Waals surface area contributed by atoms with E-state index in [0.29, 0.717) is 12.8 Å². The van der Waals surface area contributed by atoms with Gasteiger partial charge in [0.15, 0.2) is 11.5 Å². The molecule has 1 fully saturated rings. The van der Waals surface area contributed by atoms with Crippen molar-refractivity contribution in [2.45, 2.75) is 46.0 Å². The van der Waals surface area contributed by atoms with E-state index in [1.807, 2.05) is 6.92 Å². The molecule has 0 aromatic carbocycles. The number of Topliss-reactive ketones (excluding diaryl/α,β-unsaturated/α-hetero) is 1. The van der Waals surface area contributed by atoms with E-state index < -0.39 is 5.41 Å². The molecule has 0 bridgehead atoms. The molecule has 1 saturated carbocycles. The summed E-state index contributed by atoms with van der Waals surface area (Å²) in [6, 6.07) is 0. The summed E-state index contributed by atoms with van der Waals surface area (Å²) in [7, 11) is 0. The summed E-state index contributed by atoms with van der Waals surface area (Å²) in [5.74, 6) is -0.228. The Balaban J connectivity index is 1.84. The SMILES string of the molecule is CC1=C(O)C(=O)C[C@]2(C)[C@@H]1CC[C@]1(CO)C3=C(CC[C@H]12)C(=O)OC3. The number of esters is 1. The molecule has 1 heterocycles. The zero-order valence-electron chi connectivity index (χ0n) is 14.2. The van der Waals surface area contributed by atoms with Crippen molar-refractivity contribution in [3.63, 3.8) is 0 Å². The number of allylic oxidation sites excluding steroid dienone is 2. The summed E-state index contributed by atoms with van der Waals surface area (Å²) in [4.78, 5) is 24.3. The van der Waals surface area contributed by atoms with Crippen molar-refractivity contribution in [3.8, 4) is 0 Å². The smallest absolute Gasteiger partial charge is 0.334 e. The quantitative estimate of drug-likeness (QED) is 0.721. The number of carbonyl (C=O) groups excluding carboxylic acids is 2. The molecule has 0 saturated heterocycles. The normalized spacial score (nSPS) is 41.8. The van der Waals surface area contributed by atoms with Crippen LogP contribution in [0.5, 0.6) is 0 Å². The Kier molecular flexibility index (Phi) is 3.27. The first-order chi connectivity index (χ1) is 11.3. The number of aliphatic hydroxyl groups is 2. The molecule has 0 spiro atoms. The Morgan fingerprint density at radius 3 is 2.75 bits per heavy atom. The van der Waals surface area contributed by atoms with Crippen LogP contribution in [0.1, 0.15) is 46.0 Å². The summed E-state index contributed by atoms with van der Waals surface area (Å²) < 4.78 is 5.26. The number of ketones is 1. The maximum absolute atomic E-state index is 12.4. The fourth-order valence-corrected chi connectivity index (χ4v) is 6.22. The highest BCUT2D eigenvalue weighted by molar-refractivity contribution is 5.95. The molecule has 2 N–H and O–H groups in total. The summed E-state index contributed by atoms with van der Waals surface area (Å²) >= 11 is 0. The lowest BCUT2D eigenvalue weighted by atomic mass is 9.43. The Morgan fingerprint density at radius 1 is 1.29 bits per heavy atom. The predicted molar refractivity (Wildman–Crippen MR) is 86.0 cm³/mol. The molecule has 3 aliphatic carbocycles. The average Bonchev–Trinajstić information content (AvgIpc) is 2.94. The molecule has 5 nitrogen and oxygen atoms in total. The van der Waals surface area contributed by atoms with Crippen LogP contribution in [0.2, 0.25) is 0 Å². The average molecular weight is 332 g/mol. The van der Waals surface area contributed by atoms with Gasteiger partial charge < -0.3 is 14.9 Å². The highest BCUT2D eigenvalue weighted by Gasteiger charge is 2.61. The van der Waals surface area contributed by atoms with Gasteiger partial charge in [0.2, 0.25) is 0 Å². The standard InChI is InChI=1S/C19H24O5/c1-10-12-5-6-19(9-20)13-8-24-17(23)11(13)3-4-15(19)18(12,2)7-14(21)16(10)22/h12,15,20,22H,3-9H2,1-2H3/t12-,15+,18-,19+/m1/s1. The molecule has 0 amide bonds. The van der Waals surface area contributed by atoms with E-state index in [1.54, 1.807) is 0 Å². The number of cyclic esters (lactones) is 1. The number of aliphatic hydroxyl groups excluding tert-OH is 2. The highest BCUT2D eigenvalue weighted by Crippen LogP contribution is 2.65. The van der Waals surface area contributed by atoms with Crippen LogP contribution in [0, 0.1) is 22.7 Å². The Morgan fingerprint density at radius 2 is 2.04 bits per heavy atom. The first-order valence-electron chi connectivity index (χ1n) is 8.78. The van der Waals surface area contributed by atoms with Crippen molar-refractivity contribution in [3.05, 3.63) is 22.5 Å². The first-order valence-corrected chi connectivity index (χ1v) is 8.78. The zero-order chi connectivity index (χ0) is 17.3. The van der Waals surface area contributed by atoms with Crippen LogP contribution >= 0.6 is 0 Å². The van der Waals surface area contributed by atoms with E-state index in [-0.39, 0.29) is 48.0 Å². The van der Waals surface area contributed by atoms with Crippen LogP contribution < -0.4 is 0 Å². The Bertz CT molecular complexity index is 703. The number of ether oxygens (including phenoxy) is 1.